The number of piperidine rings is 1. The van der Waals surface area contributed by atoms with Crippen LogP contribution in [0.3, 0.4) is 0 Å². The number of hydrogen-bond donors (Lipinski definition) is 1. The number of likely N-dealkylation sites (tertiary alicyclic amines) is 1. The largest absolute Gasteiger partial charge is 0.573 e. The van der Waals surface area contributed by atoms with Gasteiger partial charge in [0.05, 0.1) is 16.8 Å². The van der Waals surface area contributed by atoms with E-state index < -0.39 is 12.4 Å². The van der Waals surface area contributed by atoms with Crippen molar-refractivity contribution in [2.24, 2.45) is 7.05 Å². The summed E-state index contributed by atoms with van der Waals surface area (Å²) in [6.45, 7) is 0.446. The van der Waals surface area contributed by atoms with Crippen LogP contribution in [0, 0.1) is 0 Å². The lowest BCUT2D eigenvalue weighted by Gasteiger charge is -2.34. The van der Waals surface area contributed by atoms with Crippen molar-refractivity contribution in [3.05, 3.63) is 65.4 Å². The zero-order chi connectivity index (χ0) is 25.2. The molecule has 2 heterocycles. The highest BCUT2D eigenvalue weighted by Gasteiger charge is 2.34. The molecule has 2 aromatic carbocycles. The molecule has 0 saturated carbocycles. The number of hydrogen-bond acceptors (Lipinski definition) is 4. The molecule has 1 aromatic heterocycles. The van der Waals surface area contributed by atoms with Gasteiger partial charge >= 0.3 is 6.36 Å². The van der Waals surface area contributed by atoms with Gasteiger partial charge in [-0.25, -0.2) is 0 Å². The average molecular weight is 507 g/mol. The second kappa shape index (κ2) is 9.99. The number of aromatic nitrogens is 2. The number of alkyl halides is 3. The van der Waals surface area contributed by atoms with E-state index >= 15 is 0 Å². The monoisotopic (exact) mass is 506 g/mol. The molecule has 1 unspecified atom stereocenters. The molecule has 11 heteroatoms. The first-order valence-electron chi connectivity index (χ1n) is 10.9. The first-order chi connectivity index (χ1) is 16.6. The number of carbonyl (C=O) groups is 2. The molecule has 7 nitrogen and oxygen atoms in total. The highest BCUT2D eigenvalue weighted by Crippen LogP contribution is 2.38. The fourth-order valence-electron chi connectivity index (χ4n) is 4.08. The van der Waals surface area contributed by atoms with Gasteiger partial charge in [-0.05, 0) is 37.5 Å². The van der Waals surface area contributed by atoms with Crippen LogP contribution >= 0.6 is 11.6 Å². The zero-order valence-electron chi connectivity index (χ0n) is 18.7. The third kappa shape index (κ3) is 5.76. The van der Waals surface area contributed by atoms with Crippen LogP contribution in [0.15, 0.2) is 54.9 Å². The van der Waals surface area contributed by atoms with Gasteiger partial charge in [-0.3, -0.25) is 14.3 Å². The van der Waals surface area contributed by atoms with Crippen LogP contribution in [0.25, 0.3) is 11.1 Å². The van der Waals surface area contributed by atoms with E-state index in [0.717, 1.165) is 12.8 Å². The Morgan fingerprint density at radius 3 is 2.60 bits per heavy atom. The van der Waals surface area contributed by atoms with Crippen molar-refractivity contribution < 1.29 is 27.5 Å². The van der Waals surface area contributed by atoms with Crippen LogP contribution in [0.1, 0.15) is 29.6 Å². The Labute approximate surface area is 204 Å². The number of ether oxygens (including phenoxy) is 1. The highest BCUT2D eigenvalue weighted by molar-refractivity contribution is 6.33. The molecule has 2 amide bonds. The maximum atomic E-state index is 13.1. The summed E-state index contributed by atoms with van der Waals surface area (Å²) in [5.41, 5.74) is 1.24. The number of halogens is 4. The van der Waals surface area contributed by atoms with Gasteiger partial charge in [-0.2, -0.15) is 5.10 Å². The Hall–Kier alpha value is -3.53. The van der Waals surface area contributed by atoms with E-state index in [0.29, 0.717) is 29.8 Å². The van der Waals surface area contributed by atoms with E-state index in [2.05, 4.69) is 15.2 Å². The quantitative estimate of drug-likeness (QED) is 0.511. The van der Waals surface area contributed by atoms with Gasteiger partial charge in [0.25, 0.3) is 5.91 Å². The topological polar surface area (TPSA) is 76.5 Å². The molecule has 0 aliphatic carbocycles. The molecule has 1 atom stereocenters. The molecular formula is C24H22ClF3N4O3. The van der Waals surface area contributed by atoms with Gasteiger partial charge in [0, 0.05) is 36.6 Å². The van der Waals surface area contributed by atoms with Crippen molar-refractivity contribution in [3.63, 3.8) is 0 Å². The van der Waals surface area contributed by atoms with Crippen LogP contribution in [0.4, 0.5) is 18.9 Å². The Bertz CT molecular complexity index is 1240. The van der Waals surface area contributed by atoms with E-state index in [-0.39, 0.29) is 28.1 Å². The number of benzene rings is 2. The van der Waals surface area contributed by atoms with Crippen molar-refractivity contribution in [3.8, 4) is 16.9 Å². The van der Waals surface area contributed by atoms with Gasteiger partial charge < -0.3 is 15.0 Å². The molecule has 1 N–H and O–H groups in total. The van der Waals surface area contributed by atoms with Gasteiger partial charge in [0.2, 0.25) is 5.91 Å². The molecule has 0 bridgehead atoms. The minimum Gasteiger partial charge on any atom is -0.405 e. The van der Waals surface area contributed by atoms with E-state index in [4.69, 9.17) is 11.6 Å². The predicted molar refractivity (Wildman–Crippen MR) is 124 cm³/mol. The Morgan fingerprint density at radius 1 is 1.14 bits per heavy atom. The van der Waals surface area contributed by atoms with Crippen LogP contribution in [0.2, 0.25) is 5.02 Å². The molecule has 1 fully saturated rings. The fourth-order valence-corrected chi connectivity index (χ4v) is 4.37. The third-order valence-corrected chi connectivity index (χ3v) is 5.97. The molecule has 1 saturated heterocycles. The normalized spacial score (nSPS) is 16.1. The van der Waals surface area contributed by atoms with E-state index in [1.54, 1.807) is 25.4 Å². The second-order valence-electron chi connectivity index (χ2n) is 8.14. The van der Waals surface area contributed by atoms with Gasteiger partial charge in [-0.15, -0.1) is 13.2 Å². The smallest absolute Gasteiger partial charge is 0.405 e. The van der Waals surface area contributed by atoms with Crippen molar-refractivity contribution >= 4 is 29.1 Å². The maximum absolute atomic E-state index is 13.1. The molecule has 3 aromatic rings. The number of nitrogens with zero attached hydrogens (tertiary/aromatic N) is 3. The Balaban J connectivity index is 1.52. The molecule has 1 aliphatic rings. The molecule has 1 aliphatic heterocycles. The summed E-state index contributed by atoms with van der Waals surface area (Å²) >= 11 is 6.38. The number of amides is 2. The third-order valence-electron chi connectivity index (χ3n) is 5.66. The summed E-state index contributed by atoms with van der Waals surface area (Å²) in [4.78, 5) is 27.6. The maximum Gasteiger partial charge on any atom is 0.573 e. The number of para-hydroxylation sites is 1. The number of rotatable bonds is 5. The standard InChI is InChI=1S/C24H22ClF3N4O3/c1-31-14-15(13-29-31)23(34)32-11-5-4-7-20(32)22(33)30-16-9-10-17(19(25)12-16)18-6-2-3-8-21(18)35-24(26,27)28/h2-3,6,8-10,12-14,20H,4-5,7,11H2,1H3,(H,30,33). The first-order valence-corrected chi connectivity index (χ1v) is 11.3. The summed E-state index contributed by atoms with van der Waals surface area (Å²) < 4.78 is 44.0. The van der Waals surface area contributed by atoms with Gasteiger partial charge in [0.15, 0.2) is 0 Å². The average Bonchev–Trinajstić information content (AvgIpc) is 3.24. The number of aryl methyl sites for hydroxylation is 1. The van der Waals surface area contributed by atoms with Crippen LogP contribution < -0.4 is 10.1 Å². The Morgan fingerprint density at radius 2 is 1.91 bits per heavy atom. The number of nitrogens with one attached hydrogen (secondary N) is 1. The minimum atomic E-state index is -4.85. The van der Waals surface area contributed by atoms with E-state index in [1.165, 1.54) is 46.1 Å². The lowest BCUT2D eigenvalue weighted by atomic mass is 10.00. The zero-order valence-corrected chi connectivity index (χ0v) is 19.4. The van der Waals surface area contributed by atoms with Gasteiger partial charge in [-0.1, -0.05) is 35.9 Å². The summed E-state index contributed by atoms with van der Waals surface area (Å²) in [5, 5.41) is 6.93. The summed E-state index contributed by atoms with van der Waals surface area (Å²) in [7, 11) is 1.71. The Kier molecular flexibility index (Phi) is 7.02. The highest BCUT2D eigenvalue weighted by atomic mass is 35.5. The summed E-state index contributed by atoms with van der Waals surface area (Å²) in [6.07, 6.45) is 0.303. The van der Waals surface area contributed by atoms with Crippen molar-refractivity contribution in [1.29, 1.82) is 0 Å². The van der Waals surface area contributed by atoms with Crippen LogP contribution in [-0.4, -0.2) is 45.4 Å². The molecule has 35 heavy (non-hydrogen) atoms. The van der Waals surface area contributed by atoms with Crippen LogP contribution in [-0.2, 0) is 11.8 Å². The molecule has 4 rings (SSSR count). The first kappa shape index (κ1) is 24.6. The minimum absolute atomic E-state index is 0.132. The summed E-state index contributed by atoms with van der Waals surface area (Å²) in [6, 6.07) is 9.49. The van der Waals surface area contributed by atoms with Gasteiger partial charge in [0.1, 0.15) is 11.8 Å². The van der Waals surface area contributed by atoms with Crippen molar-refractivity contribution in [1.82, 2.24) is 14.7 Å². The number of anilines is 1. The van der Waals surface area contributed by atoms with E-state index in [9.17, 15) is 22.8 Å². The lowest BCUT2D eigenvalue weighted by Crippen LogP contribution is -2.50. The lowest BCUT2D eigenvalue weighted by molar-refractivity contribution is -0.274. The number of carbonyl (C=O) groups excluding carboxylic acids is 2. The molecule has 0 radical (unpaired) electrons. The van der Waals surface area contributed by atoms with Crippen molar-refractivity contribution in [2.75, 3.05) is 11.9 Å². The summed E-state index contributed by atoms with van der Waals surface area (Å²) in [5.74, 6) is -1.02. The molecule has 0 spiro atoms. The molecule has 184 valence electrons. The fraction of sp³-hybridized carbons (Fsp3) is 0.292. The SMILES string of the molecule is Cn1cc(C(=O)N2CCCCC2C(=O)Nc2ccc(-c3ccccc3OC(F)(F)F)c(Cl)c2)cn1. The molecular weight excluding hydrogens is 485 g/mol. The van der Waals surface area contributed by atoms with E-state index in [1.807, 2.05) is 0 Å². The second-order valence-corrected chi connectivity index (χ2v) is 8.55. The predicted octanol–water partition coefficient (Wildman–Crippen LogP) is 5.27. The van der Waals surface area contributed by atoms with Crippen LogP contribution in [0.5, 0.6) is 5.75 Å². The van der Waals surface area contributed by atoms with Crippen molar-refractivity contribution in [2.45, 2.75) is 31.7 Å².